The quantitative estimate of drug-likeness (QED) is 0.513. The largest absolute Gasteiger partial charge is 0.469 e. The Morgan fingerprint density at radius 2 is 2.12 bits per heavy atom. The van der Waals surface area contributed by atoms with Gasteiger partial charge in [0, 0.05) is 30.4 Å². The number of ether oxygens (including phenoxy) is 2. The van der Waals surface area contributed by atoms with Gasteiger partial charge in [-0.25, -0.2) is 0 Å². The van der Waals surface area contributed by atoms with Crippen LogP contribution in [0.5, 0.6) is 0 Å². The Labute approximate surface area is 165 Å². The summed E-state index contributed by atoms with van der Waals surface area (Å²) in [6.07, 6.45) is 2.05. The molecule has 0 spiro atoms. The van der Waals surface area contributed by atoms with Crippen molar-refractivity contribution >= 4 is 41.7 Å². The molecule has 26 heavy (non-hydrogen) atoms. The molecule has 0 saturated carbocycles. The second-order valence-electron chi connectivity index (χ2n) is 6.04. The smallest absolute Gasteiger partial charge is 0.306 e. The van der Waals surface area contributed by atoms with Crippen molar-refractivity contribution in [1.82, 2.24) is 0 Å². The van der Waals surface area contributed by atoms with Gasteiger partial charge in [-0.1, -0.05) is 12.1 Å². The molecular weight excluding hydrogens is 376 g/mol. The first-order valence-electron chi connectivity index (χ1n) is 8.48. The lowest BCUT2D eigenvalue weighted by atomic mass is 9.92. The Morgan fingerprint density at radius 3 is 2.81 bits per heavy atom. The topological polar surface area (TPSA) is 90.7 Å². The molecule has 6 nitrogen and oxygen atoms in total. The minimum absolute atomic E-state index is 0. The second kappa shape index (κ2) is 12.2. The van der Waals surface area contributed by atoms with Crippen LogP contribution in [0.25, 0.3) is 0 Å². The van der Waals surface area contributed by atoms with Crippen molar-refractivity contribution in [1.29, 1.82) is 0 Å². The van der Waals surface area contributed by atoms with Gasteiger partial charge in [0.2, 0.25) is 5.91 Å². The number of amides is 1. The molecule has 0 bridgehead atoms. The summed E-state index contributed by atoms with van der Waals surface area (Å²) >= 11 is 1.65. The fourth-order valence-corrected chi connectivity index (χ4v) is 3.57. The molecule has 1 aliphatic rings. The van der Waals surface area contributed by atoms with E-state index < -0.39 is 6.04 Å². The van der Waals surface area contributed by atoms with E-state index in [2.05, 4.69) is 10.1 Å². The summed E-state index contributed by atoms with van der Waals surface area (Å²) in [5, 5.41) is 2.91. The summed E-state index contributed by atoms with van der Waals surface area (Å²) in [6, 6.07) is 7.20. The molecule has 3 N–H and O–H groups in total. The van der Waals surface area contributed by atoms with Gasteiger partial charge in [0.15, 0.2) is 0 Å². The molecule has 146 valence electrons. The van der Waals surface area contributed by atoms with Crippen molar-refractivity contribution in [3.05, 3.63) is 29.8 Å². The maximum Gasteiger partial charge on any atom is 0.306 e. The summed E-state index contributed by atoms with van der Waals surface area (Å²) in [6.45, 7) is 1.34. The number of hydrogen-bond donors (Lipinski definition) is 2. The molecule has 1 aromatic carbocycles. The third kappa shape index (κ3) is 7.53. The summed E-state index contributed by atoms with van der Waals surface area (Å²) in [5.74, 6) is 1.30. The predicted molar refractivity (Wildman–Crippen MR) is 107 cm³/mol. The monoisotopic (exact) mass is 402 g/mol. The van der Waals surface area contributed by atoms with Crippen molar-refractivity contribution < 1.29 is 19.1 Å². The Morgan fingerprint density at radius 1 is 1.38 bits per heavy atom. The molecule has 1 heterocycles. The maximum absolute atomic E-state index is 12.4. The number of carbonyl (C=O) groups is 2. The zero-order valence-electron chi connectivity index (χ0n) is 14.9. The molecule has 8 heteroatoms. The highest BCUT2D eigenvalue weighted by molar-refractivity contribution is 7.98. The van der Waals surface area contributed by atoms with E-state index in [1.54, 1.807) is 11.8 Å². The number of halogens is 1. The molecule has 1 saturated heterocycles. The Balaban J connectivity index is 0.00000338. The lowest BCUT2D eigenvalue weighted by Gasteiger charge is -2.26. The van der Waals surface area contributed by atoms with Crippen LogP contribution in [0.3, 0.4) is 0 Å². The van der Waals surface area contributed by atoms with E-state index in [0.29, 0.717) is 25.4 Å². The van der Waals surface area contributed by atoms with Crippen LogP contribution in [0.1, 0.15) is 24.8 Å². The average molecular weight is 403 g/mol. The number of rotatable bonds is 8. The summed E-state index contributed by atoms with van der Waals surface area (Å²) in [5.41, 5.74) is 7.94. The van der Waals surface area contributed by atoms with Crippen molar-refractivity contribution in [2.75, 3.05) is 31.4 Å². The van der Waals surface area contributed by atoms with Gasteiger partial charge in [-0.05, 0) is 36.5 Å². The normalized spacial score (nSPS) is 15.6. The van der Waals surface area contributed by atoms with Crippen LogP contribution in [0.15, 0.2) is 24.3 Å². The van der Waals surface area contributed by atoms with Crippen LogP contribution in [0.2, 0.25) is 0 Å². The lowest BCUT2D eigenvalue weighted by molar-refractivity contribution is -0.140. The number of hydrogen-bond acceptors (Lipinski definition) is 6. The van der Waals surface area contributed by atoms with Crippen molar-refractivity contribution in [2.45, 2.75) is 31.1 Å². The highest BCUT2D eigenvalue weighted by Crippen LogP contribution is 2.20. The van der Waals surface area contributed by atoms with Gasteiger partial charge in [-0.2, -0.15) is 11.8 Å². The molecule has 1 aromatic rings. The van der Waals surface area contributed by atoms with Crippen LogP contribution < -0.4 is 11.1 Å². The fourth-order valence-electron chi connectivity index (χ4n) is 2.70. The van der Waals surface area contributed by atoms with Crippen LogP contribution in [0.4, 0.5) is 5.69 Å². The molecule has 0 aromatic heterocycles. The number of nitrogens with one attached hydrogen (secondary N) is 1. The number of carbonyl (C=O) groups excluding carboxylic acids is 2. The van der Waals surface area contributed by atoms with Gasteiger partial charge in [0.1, 0.15) is 0 Å². The van der Waals surface area contributed by atoms with E-state index in [9.17, 15) is 9.59 Å². The van der Waals surface area contributed by atoms with Gasteiger partial charge in [0.05, 0.1) is 19.6 Å². The zero-order chi connectivity index (χ0) is 18.1. The van der Waals surface area contributed by atoms with Crippen LogP contribution in [-0.2, 0) is 24.8 Å². The van der Waals surface area contributed by atoms with E-state index in [0.717, 1.165) is 29.8 Å². The van der Waals surface area contributed by atoms with Gasteiger partial charge in [-0.3, -0.25) is 9.59 Å². The number of nitrogens with two attached hydrogens (primary N) is 1. The van der Waals surface area contributed by atoms with E-state index in [1.165, 1.54) is 7.11 Å². The number of benzene rings is 1. The molecule has 2 rings (SSSR count). The van der Waals surface area contributed by atoms with Crippen LogP contribution >= 0.6 is 24.2 Å². The number of esters is 1. The van der Waals surface area contributed by atoms with E-state index >= 15 is 0 Å². The van der Waals surface area contributed by atoms with E-state index in [1.807, 2.05) is 24.3 Å². The molecular formula is C18H27ClN2O4S. The van der Waals surface area contributed by atoms with Crippen molar-refractivity contribution in [2.24, 2.45) is 11.7 Å². The standard InChI is InChI=1S/C18H26N2O4S.ClH/c1-23-16(21)7-10-25-12-13-3-2-4-15(11-13)20-18(22)17(19)14-5-8-24-9-6-14;/h2-4,11,14,17H,5-10,12,19H2,1H3,(H,20,22);1H. The molecule has 1 aliphatic heterocycles. The summed E-state index contributed by atoms with van der Waals surface area (Å²) in [7, 11) is 1.39. The minimum Gasteiger partial charge on any atom is -0.469 e. The van der Waals surface area contributed by atoms with E-state index in [4.69, 9.17) is 10.5 Å². The van der Waals surface area contributed by atoms with Gasteiger partial charge >= 0.3 is 5.97 Å². The van der Waals surface area contributed by atoms with Gasteiger partial charge in [0.25, 0.3) is 0 Å². The average Bonchev–Trinajstić information content (AvgIpc) is 2.65. The van der Waals surface area contributed by atoms with E-state index in [-0.39, 0.29) is 30.2 Å². The number of methoxy groups -OCH3 is 1. The summed E-state index contributed by atoms with van der Waals surface area (Å²) in [4.78, 5) is 23.4. The minimum atomic E-state index is -0.512. The number of anilines is 1. The lowest BCUT2D eigenvalue weighted by Crippen LogP contribution is -2.44. The van der Waals surface area contributed by atoms with Gasteiger partial charge in [-0.15, -0.1) is 12.4 Å². The molecule has 0 radical (unpaired) electrons. The Kier molecular flexibility index (Phi) is 10.7. The molecule has 1 amide bonds. The third-order valence-electron chi connectivity index (χ3n) is 4.22. The molecule has 1 atom stereocenters. The summed E-state index contributed by atoms with van der Waals surface area (Å²) < 4.78 is 9.93. The first kappa shape index (κ1) is 22.8. The van der Waals surface area contributed by atoms with Crippen LogP contribution in [0, 0.1) is 5.92 Å². The van der Waals surface area contributed by atoms with Crippen molar-refractivity contribution in [3.63, 3.8) is 0 Å². The fraction of sp³-hybridized carbons (Fsp3) is 0.556. The maximum atomic E-state index is 12.4. The van der Waals surface area contributed by atoms with Crippen LogP contribution in [-0.4, -0.2) is 44.0 Å². The Hall–Kier alpha value is -1.28. The first-order chi connectivity index (χ1) is 12.1. The SMILES string of the molecule is COC(=O)CCSCc1cccc(NC(=O)C(N)C2CCOCC2)c1.Cl. The zero-order valence-corrected chi connectivity index (χ0v) is 16.6. The van der Waals surface area contributed by atoms with Gasteiger partial charge < -0.3 is 20.5 Å². The van der Waals surface area contributed by atoms with Crippen molar-refractivity contribution in [3.8, 4) is 0 Å². The highest BCUT2D eigenvalue weighted by Gasteiger charge is 2.26. The molecule has 1 fully saturated rings. The molecule has 1 unspecified atom stereocenters. The first-order valence-corrected chi connectivity index (χ1v) is 9.63. The third-order valence-corrected chi connectivity index (χ3v) is 5.25. The Bertz CT molecular complexity index is 582. The highest BCUT2D eigenvalue weighted by atomic mass is 35.5. The predicted octanol–water partition coefficient (Wildman–Crippen LogP) is 2.60. The second-order valence-corrected chi connectivity index (χ2v) is 7.15. The number of thioether (sulfide) groups is 1. The molecule has 0 aliphatic carbocycles.